The molecule has 0 spiro atoms. The van der Waals surface area contributed by atoms with E-state index in [1.807, 2.05) is 20.8 Å². The van der Waals surface area contributed by atoms with E-state index in [2.05, 4.69) is 15.5 Å². The number of nitrogens with zero attached hydrogens (tertiary/aromatic N) is 3. The highest BCUT2D eigenvalue weighted by Crippen LogP contribution is 2.18. The van der Waals surface area contributed by atoms with Crippen molar-refractivity contribution in [2.24, 2.45) is 0 Å². The summed E-state index contributed by atoms with van der Waals surface area (Å²) in [5, 5.41) is 6.74. The maximum absolute atomic E-state index is 13.0. The summed E-state index contributed by atoms with van der Waals surface area (Å²) < 4.78 is 23.5. The van der Waals surface area contributed by atoms with Crippen molar-refractivity contribution in [2.75, 3.05) is 13.1 Å². The summed E-state index contributed by atoms with van der Waals surface area (Å²) in [4.78, 5) is 30.4. The van der Waals surface area contributed by atoms with Crippen LogP contribution in [0.2, 0.25) is 0 Å². The van der Waals surface area contributed by atoms with Crippen LogP contribution in [0.15, 0.2) is 28.8 Å². The van der Waals surface area contributed by atoms with Crippen LogP contribution < -0.4 is 5.32 Å². The number of benzene rings is 1. The third kappa shape index (κ3) is 6.27. The van der Waals surface area contributed by atoms with Crippen molar-refractivity contribution < 1.29 is 23.2 Å². The molecule has 1 N–H and O–H groups in total. The number of alkyl carbamates (subject to hydrolysis) is 1. The van der Waals surface area contributed by atoms with E-state index in [-0.39, 0.29) is 24.2 Å². The zero-order valence-electron chi connectivity index (χ0n) is 17.5. The lowest BCUT2D eigenvalue weighted by Crippen LogP contribution is -2.47. The molecular weight excluding hydrogens is 391 g/mol. The van der Waals surface area contributed by atoms with E-state index in [9.17, 15) is 14.0 Å². The van der Waals surface area contributed by atoms with Crippen LogP contribution in [0.1, 0.15) is 45.9 Å². The minimum absolute atomic E-state index is 0.00175. The average molecular weight is 418 g/mol. The molecular formula is C21H27FN4O4. The first-order valence-corrected chi connectivity index (χ1v) is 10.1. The lowest BCUT2D eigenvalue weighted by atomic mass is 10.0. The first-order valence-electron chi connectivity index (χ1n) is 10.1. The molecule has 0 unspecified atom stereocenters. The van der Waals surface area contributed by atoms with E-state index in [0.29, 0.717) is 49.6 Å². The quantitative estimate of drug-likeness (QED) is 0.800. The topological polar surface area (TPSA) is 97.6 Å². The van der Waals surface area contributed by atoms with Gasteiger partial charge in [-0.2, -0.15) is 4.98 Å². The number of carbonyl (C=O) groups is 2. The predicted molar refractivity (Wildman–Crippen MR) is 107 cm³/mol. The Labute approximate surface area is 174 Å². The number of nitrogens with one attached hydrogen (secondary N) is 1. The number of likely N-dealkylation sites (tertiary alicyclic amines) is 1. The Kier molecular flexibility index (Phi) is 6.69. The van der Waals surface area contributed by atoms with Crippen molar-refractivity contribution in [1.29, 1.82) is 0 Å². The molecule has 1 aromatic carbocycles. The molecule has 2 heterocycles. The van der Waals surface area contributed by atoms with Crippen LogP contribution in [0.25, 0.3) is 11.4 Å². The Bertz CT molecular complexity index is 868. The number of piperidine rings is 1. The minimum atomic E-state index is -0.536. The SMILES string of the molecule is CC(C)(C)OC(=O)NC1CCN(C(=O)CCc2nc(-c3ccc(F)cc3)no2)CC1. The molecule has 1 aliphatic heterocycles. The standard InChI is InChI=1S/C21H27FN4O4/c1-21(2,3)29-20(28)23-16-10-12-26(13-11-16)18(27)9-8-17-24-19(25-30-17)14-4-6-15(22)7-5-14/h4-7,16H,8-13H2,1-3H3,(H,23,28). The van der Waals surface area contributed by atoms with Crippen LogP contribution >= 0.6 is 0 Å². The summed E-state index contributed by atoms with van der Waals surface area (Å²) in [7, 11) is 0. The molecule has 162 valence electrons. The molecule has 3 rings (SSSR count). The molecule has 2 aromatic rings. The molecule has 1 aromatic heterocycles. The first kappa shape index (κ1) is 21.7. The minimum Gasteiger partial charge on any atom is -0.444 e. The normalized spacial score (nSPS) is 15.1. The highest BCUT2D eigenvalue weighted by molar-refractivity contribution is 5.76. The average Bonchev–Trinajstić information content (AvgIpc) is 3.15. The first-order chi connectivity index (χ1) is 14.2. The summed E-state index contributed by atoms with van der Waals surface area (Å²) in [5.74, 6) is 0.404. The van der Waals surface area contributed by atoms with Gasteiger partial charge in [-0.25, -0.2) is 9.18 Å². The van der Waals surface area contributed by atoms with Gasteiger partial charge in [0.2, 0.25) is 17.6 Å². The molecule has 0 aliphatic carbocycles. The van der Waals surface area contributed by atoms with E-state index in [4.69, 9.17) is 9.26 Å². The maximum atomic E-state index is 13.0. The zero-order valence-corrected chi connectivity index (χ0v) is 17.5. The van der Waals surface area contributed by atoms with Crippen molar-refractivity contribution in [2.45, 2.75) is 58.1 Å². The van der Waals surface area contributed by atoms with E-state index >= 15 is 0 Å². The number of aromatic nitrogens is 2. The van der Waals surface area contributed by atoms with Crippen LogP contribution in [0.4, 0.5) is 9.18 Å². The monoisotopic (exact) mass is 418 g/mol. The maximum Gasteiger partial charge on any atom is 0.407 e. The van der Waals surface area contributed by atoms with E-state index < -0.39 is 11.7 Å². The zero-order chi connectivity index (χ0) is 21.7. The fraction of sp³-hybridized carbons (Fsp3) is 0.524. The second-order valence-corrected chi connectivity index (χ2v) is 8.32. The number of aryl methyl sites for hydroxylation is 1. The third-order valence-electron chi connectivity index (χ3n) is 4.69. The van der Waals surface area contributed by atoms with Crippen LogP contribution in [-0.4, -0.2) is 51.8 Å². The Hall–Kier alpha value is -2.97. The van der Waals surface area contributed by atoms with Crippen molar-refractivity contribution >= 4 is 12.0 Å². The summed E-state index contributed by atoms with van der Waals surface area (Å²) in [6.07, 6.45) is 1.53. The molecule has 8 nitrogen and oxygen atoms in total. The molecule has 0 radical (unpaired) electrons. The second kappa shape index (κ2) is 9.23. The molecule has 0 atom stereocenters. The predicted octanol–water partition coefficient (Wildman–Crippen LogP) is 3.32. The molecule has 9 heteroatoms. The summed E-state index contributed by atoms with van der Waals surface area (Å²) in [6, 6.07) is 5.81. The van der Waals surface area contributed by atoms with Crippen molar-refractivity contribution in [1.82, 2.24) is 20.4 Å². The summed E-state index contributed by atoms with van der Waals surface area (Å²) in [5.41, 5.74) is 0.115. The fourth-order valence-electron chi connectivity index (χ4n) is 3.19. The van der Waals surface area contributed by atoms with Crippen LogP contribution in [0.5, 0.6) is 0 Å². The van der Waals surface area contributed by atoms with Gasteiger partial charge in [0.05, 0.1) is 0 Å². The molecule has 30 heavy (non-hydrogen) atoms. The number of carbonyl (C=O) groups excluding carboxylic acids is 2. The van der Waals surface area contributed by atoms with Crippen molar-refractivity contribution in [3.05, 3.63) is 36.0 Å². The Morgan fingerprint density at radius 1 is 1.23 bits per heavy atom. The number of ether oxygens (including phenoxy) is 1. The van der Waals surface area contributed by atoms with Gasteiger partial charge in [-0.15, -0.1) is 0 Å². The van der Waals surface area contributed by atoms with Gasteiger partial charge in [-0.1, -0.05) is 5.16 Å². The summed E-state index contributed by atoms with van der Waals surface area (Å²) >= 11 is 0. The number of amides is 2. The van der Waals surface area contributed by atoms with E-state index in [0.717, 1.165) is 0 Å². The number of rotatable bonds is 5. The van der Waals surface area contributed by atoms with Crippen molar-refractivity contribution in [3.8, 4) is 11.4 Å². The molecule has 1 aliphatic rings. The number of hydrogen-bond donors (Lipinski definition) is 1. The van der Waals surface area contributed by atoms with Gasteiger partial charge in [0.25, 0.3) is 0 Å². The highest BCUT2D eigenvalue weighted by atomic mass is 19.1. The third-order valence-corrected chi connectivity index (χ3v) is 4.69. The number of halogens is 1. The largest absolute Gasteiger partial charge is 0.444 e. The lowest BCUT2D eigenvalue weighted by Gasteiger charge is -2.32. The van der Waals surface area contributed by atoms with Gasteiger partial charge in [0, 0.05) is 37.5 Å². The van der Waals surface area contributed by atoms with Gasteiger partial charge in [0.1, 0.15) is 11.4 Å². The van der Waals surface area contributed by atoms with E-state index in [1.165, 1.54) is 12.1 Å². The van der Waals surface area contributed by atoms with Gasteiger partial charge < -0.3 is 19.5 Å². The Morgan fingerprint density at radius 2 is 1.90 bits per heavy atom. The fourth-order valence-corrected chi connectivity index (χ4v) is 3.19. The number of hydrogen-bond acceptors (Lipinski definition) is 6. The lowest BCUT2D eigenvalue weighted by molar-refractivity contribution is -0.132. The van der Waals surface area contributed by atoms with Crippen LogP contribution in [-0.2, 0) is 16.0 Å². The molecule has 0 bridgehead atoms. The van der Waals surface area contributed by atoms with Gasteiger partial charge >= 0.3 is 6.09 Å². The Morgan fingerprint density at radius 3 is 2.53 bits per heavy atom. The molecule has 1 saturated heterocycles. The second-order valence-electron chi connectivity index (χ2n) is 8.32. The molecule has 0 saturated carbocycles. The van der Waals surface area contributed by atoms with Gasteiger partial charge in [-0.3, -0.25) is 4.79 Å². The molecule has 2 amide bonds. The van der Waals surface area contributed by atoms with Crippen molar-refractivity contribution in [3.63, 3.8) is 0 Å². The summed E-state index contributed by atoms with van der Waals surface area (Å²) in [6.45, 7) is 6.60. The van der Waals surface area contributed by atoms with Crippen LogP contribution in [0.3, 0.4) is 0 Å². The van der Waals surface area contributed by atoms with Crippen LogP contribution in [0, 0.1) is 5.82 Å². The van der Waals surface area contributed by atoms with Gasteiger partial charge in [0.15, 0.2) is 0 Å². The van der Waals surface area contributed by atoms with E-state index in [1.54, 1.807) is 17.0 Å². The van der Waals surface area contributed by atoms with Gasteiger partial charge in [-0.05, 0) is 57.9 Å². The smallest absolute Gasteiger partial charge is 0.407 e. The molecule has 1 fully saturated rings. The highest BCUT2D eigenvalue weighted by Gasteiger charge is 2.26. The Balaban J connectivity index is 1.42.